The van der Waals surface area contributed by atoms with Gasteiger partial charge in [0.05, 0.1) is 28.3 Å². The van der Waals surface area contributed by atoms with Crippen molar-refractivity contribution in [2.45, 2.75) is 24.1 Å². The van der Waals surface area contributed by atoms with Crippen molar-refractivity contribution in [3.05, 3.63) is 103 Å². The zero-order valence-corrected chi connectivity index (χ0v) is 24.3. The van der Waals surface area contributed by atoms with E-state index in [9.17, 15) is 4.79 Å². The molecule has 0 fully saturated rings. The van der Waals surface area contributed by atoms with Crippen molar-refractivity contribution in [2.75, 3.05) is 17.7 Å². The Hall–Kier alpha value is -4.20. The van der Waals surface area contributed by atoms with Gasteiger partial charge in [0.25, 0.3) is 0 Å². The van der Waals surface area contributed by atoms with E-state index in [-0.39, 0.29) is 11.7 Å². The second-order valence-electron chi connectivity index (χ2n) is 9.69. The third kappa shape index (κ3) is 6.42. The molecule has 1 aromatic heterocycles. The van der Waals surface area contributed by atoms with Gasteiger partial charge in [-0.3, -0.25) is 9.79 Å². The van der Waals surface area contributed by atoms with E-state index in [1.165, 1.54) is 33.3 Å². The third-order valence-corrected chi connectivity index (χ3v) is 8.90. The van der Waals surface area contributed by atoms with E-state index in [4.69, 9.17) is 14.7 Å². The van der Waals surface area contributed by atoms with Gasteiger partial charge in [0.1, 0.15) is 5.75 Å². The van der Waals surface area contributed by atoms with Crippen molar-refractivity contribution in [1.29, 1.82) is 0 Å². The molecule has 0 unspecified atom stereocenters. The Morgan fingerprint density at radius 3 is 2.41 bits per heavy atom. The maximum absolute atomic E-state index is 12.6. The molecule has 0 radical (unpaired) electrons. The molecule has 5 aromatic carbocycles. The van der Waals surface area contributed by atoms with Gasteiger partial charge in [-0.1, -0.05) is 73.6 Å². The molecule has 0 bridgehead atoms. The monoisotopic (exact) mass is 575 g/mol. The number of hydrogen-bond donors (Lipinski definition) is 1. The molecule has 0 aliphatic carbocycles. The molecule has 0 aliphatic heterocycles. The van der Waals surface area contributed by atoms with Crippen LogP contribution in [0.3, 0.4) is 0 Å². The first-order valence-corrected chi connectivity index (χ1v) is 15.5. The lowest BCUT2D eigenvalue weighted by molar-refractivity contribution is -0.113. The van der Waals surface area contributed by atoms with E-state index in [0.29, 0.717) is 6.61 Å². The Morgan fingerprint density at radius 2 is 1.68 bits per heavy atom. The topological polar surface area (TPSA) is 63.6 Å². The van der Waals surface area contributed by atoms with E-state index in [1.54, 1.807) is 11.3 Å². The number of thioether (sulfide) groups is 1. The molecule has 6 aromatic rings. The Kier molecular flexibility index (Phi) is 8.26. The summed E-state index contributed by atoms with van der Waals surface area (Å²) < 4.78 is 7.59. The number of thiazole rings is 1. The van der Waals surface area contributed by atoms with E-state index < -0.39 is 0 Å². The van der Waals surface area contributed by atoms with Crippen LogP contribution in [0.2, 0.25) is 0 Å². The lowest BCUT2D eigenvalue weighted by Crippen LogP contribution is -2.13. The van der Waals surface area contributed by atoms with E-state index in [2.05, 4.69) is 72.9 Å². The molecule has 204 valence electrons. The minimum atomic E-state index is -0.0680. The Balaban J connectivity index is 1.13. The molecule has 0 saturated heterocycles. The van der Waals surface area contributed by atoms with Crippen LogP contribution < -0.4 is 10.1 Å². The van der Waals surface area contributed by atoms with Crippen LogP contribution in [-0.4, -0.2) is 29.5 Å². The van der Waals surface area contributed by atoms with Crippen LogP contribution >= 0.6 is 23.1 Å². The molecule has 1 heterocycles. The maximum atomic E-state index is 12.6. The number of benzene rings is 5. The smallest absolute Gasteiger partial charge is 0.234 e. The van der Waals surface area contributed by atoms with Gasteiger partial charge in [0.2, 0.25) is 5.91 Å². The molecule has 0 spiro atoms. The Bertz CT molecular complexity index is 1810. The number of nitrogens with one attached hydrogen (secondary N) is 1. The summed E-state index contributed by atoms with van der Waals surface area (Å²) in [5.74, 6) is 1.03. The molecule has 1 N–H and O–H groups in total. The number of amides is 1. The van der Waals surface area contributed by atoms with Crippen LogP contribution in [0.4, 0.5) is 11.4 Å². The second-order valence-corrected chi connectivity index (χ2v) is 11.9. The first-order chi connectivity index (χ1) is 20.2. The average Bonchev–Trinajstić information content (AvgIpc) is 3.41. The number of carbonyl (C=O) groups excluding carboxylic acids is 1. The first-order valence-electron chi connectivity index (χ1n) is 13.7. The number of unbranched alkanes of at least 4 members (excludes halogenated alkanes) is 1. The molecule has 1 amide bonds. The van der Waals surface area contributed by atoms with Gasteiger partial charge in [-0.15, -0.1) is 11.3 Å². The molecular formula is C34H29N3O2S2. The van der Waals surface area contributed by atoms with E-state index in [1.807, 2.05) is 42.6 Å². The highest BCUT2D eigenvalue weighted by atomic mass is 32.2. The number of aromatic nitrogens is 1. The van der Waals surface area contributed by atoms with Gasteiger partial charge in [-0.25, -0.2) is 4.98 Å². The Labute approximate surface area is 247 Å². The molecule has 0 saturated carbocycles. The average molecular weight is 576 g/mol. The van der Waals surface area contributed by atoms with Crippen molar-refractivity contribution in [3.8, 4) is 5.75 Å². The summed E-state index contributed by atoms with van der Waals surface area (Å²) in [4.78, 5) is 22.1. The molecule has 5 nitrogen and oxygen atoms in total. The Morgan fingerprint density at radius 1 is 0.951 bits per heavy atom. The van der Waals surface area contributed by atoms with Crippen molar-refractivity contribution in [3.63, 3.8) is 0 Å². The van der Waals surface area contributed by atoms with Crippen molar-refractivity contribution in [2.24, 2.45) is 4.99 Å². The number of rotatable bonds is 10. The van der Waals surface area contributed by atoms with Gasteiger partial charge in [-0.2, -0.15) is 0 Å². The van der Waals surface area contributed by atoms with Gasteiger partial charge in [0, 0.05) is 17.5 Å². The molecule has 7 heteroatoms. The summed E-state index contributed by atoms with van der Waals surface area (Å²) >= 11 is 3.02. The minimum absolute atomic E-state index is 0.0680. The van der Waals surface area contributed by atoms with Crippen LogP contribution in [0.1, 0.15) is 25.3 Å². The summed E-state index contributed by atoms with van der Waals surface area (Å²) in [5, 5.41) is 7.71. The fourth-order valence-corrected chi connectivity index (χ4v) is 6.56. The predicted molar refractivity (Wildman–Crippen MR) is 175 cm³/mol. The molecular weight excluding hydrogens is 547 g/mol. The number of nitrogens with zero attached hydrogens (tertiary/aromatic N) is 2. The number of fused-ring (bicyclic) bond motifs is 3. The number of hydrogen-bond acceptors (Lipinski definition) is 6. The largest absolute Gasteiger partial charge is 0.494 e. The van der Waals surface area contributed by atoms with Gasteiger partial charge in [0.15, 0.2) is 4.34 Å². The van der Waals surface area contributed by atoms with Gasteiger partial charge >= 0.3 is 0 Å². The first kappa shape index (κ1) is 27.0. The second kappa shape index (κ2) is 12.5. The zero-order chi connectivity index (χ0) is 28.0. The fourth-order valence-electron chi connectivity index (χ4n) is 4.65. The van der Waals surface area contributed by atoms with Crippen LogP contribution in [0.15, 0.2) is 106 Å². The molecule has 0 aliphatic rings. The van der Waals surface area contributed by atoms with Crippen molar-refractivity contribution < 1.29 is 9.53 Å². The standard InChI is InChI=1S/C34H29N3O2S2/c1-2-3-18-39-27-15-12-25(13-16-27)36-33(38)22-40-34-37-31-17-14-26(20-32(31)41-34)35-21-30-28-10-6-4-8-23(28)19-24-9-5-7-11-29(24)30/h4-17,19-21H,2-3,18,22H2,1H3,(H,36,38). The highest BCUT2D eigenvalue weighted by molar-refractivity contribution is 8.01. The van der Waals surface area contributed by atoms with Crippen molar-refractivity contribution in [1.82, 2.24) is 4.98 Å². The lowest BCUT2D eigenvalue weighted by Gasteiger charge is -2.07. The number of ether oxygens (including phenoxy) is 1. The van der Waals surface area contributed by atoms with Crippen LogP contribution in [0.25, 0.3) is 31.8 Å². The van der Waals surface area contributed by atoms with Gasteiger partial charge < -0.3 is 10.1 Å². The highest BCUT2D eigenvalue weighted by Gasteiger charge is 2.10. The summed E-state index contributed by atoms with van der Waals surface area (Å²) in [5.41, 5.74) is 3.65. The summed E-state index contributed by atoms with van der Waals surface area (Å²) in [6.07, 6.45) is 4.09. The third-order valence-electron chi connectivity index (χ3n) is 6.74. The van der Waals surface area contributed by atoms with Crippen LogP contribution in [-0.2, 0) is 4.79 Å². The molecule has 6 rings (SSSR count). The minimum Gasteiger partial charge on any atom is -0.494 e. The molecule has 41 heavy (non-hydrogen) atoms. The number of carbonyl (C=O) groups is 1. The summed E-state index contributed by atoms with van der Waals surface area (Å²) in [6, 6.07) is 32.6. The number of aliphatic imine (C=N–C) groups is 1. The van der Waals surface area contributed by atoms with E-state index in [0.717, 1.165) is 50.1 Å². The summed E-state index contributed by atoms with van der Waals surface area (Å²) in [6.45, 7) is 2.84. The lowest BCUT2D eigenvalue weighted by atomic mass is 9.97. The van der Waals surface area contributed by atoms with Gasteiger partial charge in [-0.05, 0) is 76.5 Å². The SMILES string of the molecule is CCCCOc1ccc(NC(=O)CSc2nc3ccc(N=Cc4c5ccccc5cc5ccccc45)cc3s2)cc1. The summed E-state index contributed by atoms with van der Waals surface area (Å²) in [7, 11) is 0. The number of anilines is 1. The predicted octanol–water partition coefficient (Wildman–Crippen LogP) is 9.26. The van der Waals surface area contributed by atoms with E-state index >= 15 is 0 Å². The zero-order valence-electron chi connectivity index (χ0n) is 22.7. The maximum Gasteiger partial charge on any atom is 0.234 e. The van der Waals surface area contributed by atoms with Crippen LogP contribution in [0.5, 0.6) is 5.75 Å². The molecule has 0 atom stereocenters. The highest BCUT2D eigenvalue weighted by Crippen LogP contribution is 2.33. The van der Waals surface area contributed by atoms with Crippen molar-refractivity contribution >= 4 is 78.4 Å². The normalized spacial score (nSPS) is 11.5. The van der Waals surface area contributed by atoms with Crippen LogP contribution in [0, 0.1) is 0 Å². The fraction of sp³-hybridized carbons (Fsp3) is 0.147. The quantitative estimate of drug-likeness (QED) is 0.0765.